The maximum atomic E-state index is 12.4. The highest BCUT2D eigenvalue weighted by molar-refractivity contribution is 6.31. The molecule has 2 aromatic carbocycles. The van der Waals surface area contributed by atoms with Crippen LogP contribution in [0, 0.1) is 13.8 Å². The molecule has 0 radical (unpaired) electrons. The first-order valence-electron chi connectivity index (χ1n) is 9.00. The zero-order valence-corrected chi connectivity index (χ0v) is 16.9. The summed E-state index contributed by atoms with van der Waals surface area (Å²) in [6.07, 6.45) is 0. The number of benzene rings is 2. The van der Waals surface area contributed by atoms with Gasteiger partial charge >= 0.3 is 6.03 Å². The third-order valence-electron chi connectivity index (χ3n) is 3.84. The molecule has 0 saturated heterocycles. The van der Waals surface area contributed by atoms with Crippen LogP contribution >= 0.6 is 11.6 Å². The van der Waals surface area contributed by atoms with Gasteiger partial charge in [0.1, 0.15) is 0 Å². The second-order valence-corrected chi connectivity index (χ2v) is 6.71. The van der Waals surface area contributed by atoms with Crippen molar-refractivity contribution in [3.63, 3.8) is 0 Å². The molecule has 3 N–H and O–H groups in total. The highest BCUT2D eigenvalue weighted by Gasteiger charge is 2.10. The second kappa shape index (κ2) is 9.66. The maximum absolute atomic E-state index is 12.4. The average molecular weight is 409 g/mol. The summed E-state index contributed by atoms with van der Waals surface area (Å²) in [6, 6.07) is 18.0. The maximum Gasteiger partial charge on any atom is 0.326 e. The van der Waals surface area contributed by atoms with Crippen LogP contribution in [0.15, 0.2) is 65.7 Å². The van der Waals surface area contributed by atoms with E-state index in [1.54, 1.807) is 18.2 Å². The Morgan fingerprint density at radius 3 is 2.31 bits per heavy atom. The van der Waals surface area contributed by atoms with Gasteiger partial charge < -0.3 is 5.32 Å². The van der Waals surface area contributed by atoms with Crippen molar-refractivity contribution in [3.05, 3.63) is 82.6 Å². The summed E-state index contributed by atoms with van der Waals surface area (Å²) >= 11 is 6.21. The molecule has 0 atom stereocenters. The fourth-order valence-electron chi connectivity index (χ4n) is 2.58. The lowest BCUT2D eigenvalue weighted by Crippen LogP contribution is -2.39. The first-order chi connectivity index (χ1) is 14.0. The number of hydrogen-bond donors (Lipinski definition) is 3. The summed E-state index contributed by atoms with van der Waals surface area (Å²) in [7, 11) is 0. The summed E-state index contributed by atoms with van der Waals surface area (Å²) in [5.41, 5.74) is 3.11. The Balaban J connectivity index is 1.79. The molecule has 0 aliphatic rings. The Bertz CT molecular complexity index is 1000. The number of amides is 2. The molecule has 0 unspecified atom stereocenters. The SMILES string of the molecule is Cc1cc(C)nc(NC(=NCc2ccccc2Cl)NC(=O)Nc2ccccc2)n1. The van der Waals surface area contributed by atoms with E-state index in [1.165, 1.54) is 0 Å². The van der Waals surface area contributed by atoms with Crippen molar-refractivity contribution >= 4 is 35.2 Å². The number of anilines is 2. The number of carbonyl (C=O) groups is 1. The predicted molar refractivity (Wildman–Crippen MR) is 116 cm³/mol. The Morgan fingerprint density at radius 2 is 1.62 bits per heavy atom. The third kappa shape index (κ3) is 6.29. The fraction of sp³-hybridized carbons (Fsp3) is 0.143. The molecule has 0 fully saturated rings. The number of rotatable bonds is 4. The molecule has 1 aromatic heterocycles. The predicted octanol–water partition coefficient (Wildman–Crippen LogP) is 4.54. The molecule has 0 aliphatic heterocycles. The van der Waals surface area contributed by atoms with Gasteiger partial charge in [-0.05, 0) is 43.7 Å². The van der Waals surface area contributed by atoms with Gasteiger partial charge in [0, 0.05) is 22.1 Å². The molecule has 0 saturated carbocycles. The molecule has 3 aromatic rings. The molecule has 0 spiro atoms. The average Bonchev–Trinajstić information content (AvgIpc) is 2.67. The van der Waals surface area contributed by atoms with Gasteiger partial charge in [-0.1, -0.05) is 48.0 Å². The number of guanidine groups is 1. The molecular formula is C21H21ClN6O. The van der Waals surface area contributed by atoms with Crippen molar-refractivity contribution < 1.29 is 4.79 Å². The minimum absolute atomic E-state index is 0.211. The molecule has 3 rings (SSSR count). The summed E-state index contributed by atoms with van der Waals surface area (Å²) in [5.74, 6) is 0.559. The molecule has 0 aliphatic carbocycles. The molecule has 1 heterocycles. The first kappa shape index (κ1) is 20.3. The van der Waals surface area contributed by atoms with Gasteiger partial charge in [0.25, 0.3) is 0 Å². The molecule has 8 heteroatoms. The van der Waals surface area contributed by atoms with Gasteiger partial charge in [0.05, 0.1) is 6.54 Å². The van der Waals surface area contributed by atoms with Crippen LogP contribution in [0.5, 0.6) is 0 Å². The van der Waals surface area contributed by atoms with Gasteiger partial charge in [-0.2, -0.15) is 0 Å². The molecule has 148 valence electrons. The molecule has 29 heavy (non-hydrogen) atoms. The van der Waals surface area contributed by atoms with Gasteiger partial charge in [-0.25, -0.2) is 19.8 Å². The smallest absolute Gasteiger partial charge is 0.308 e. The number of aliphatic imine (C=N–C) groups is 1. The number of halogens is 1. The van der Waals surface area contributed by atoms with E-state index in [-0.39, 0.29) is 12.5 Å². The third-order valence-corrected chi connectivity index (χ3v) is 4.21. The lowest BCUT2D eigenvalue weighted by Gasteiger charge is -2.12. The summed E-state index contributed by atoms with van der Waals surface area (Å²) in [6.45, 7) is 4.02. The van der Waals surface area contributed by atoms with Crippen LogP contribution in [0.3, 0.4) is 0 Å². The number of para-hydroxylation sites is 1. The van der Waals surface area contributed by atoms with Crippen LogP contribution in [-0.4, -0.2) is 22.0 Å². The highest BCUT2D eigenvalue weighted by Crippen LogP contribution is 2.15. The number of aromatic nitrogens is 2. The van der Waals surface area contributed by atoms with Crippen molar-refractivity contribution in [3.8, 4) is 0 Å². The molecule has 0 bridgehead atoms. The van der Waals surface area contributed by atoms with Gasteiger partial charge in [-0.15, -0.1) is 0 Å². The van der Waals surface area contributed by atoms with Crippen molar-refractivity contribution in [2.24, 2.45) is 4.99 Å². The Labute approximate surface area is 174 Å². The summed E-state index contributed by atoms with van der Waals surface area (Å²) in [4.78, 5) is 25.5. The van der Waals surface area contributed by atoms with Gasteiger partial charge in [0.15, 0.2) is 0 Å². The van der Waals surface area contributed by atoms with Gasteiger partial charge in [-0.3, -0.25) is 10.6 Å². The van der Waals surface area contributed by atoms with E-state index < -0.39 is 6.03 Å². The zero-order valence-electron chi connectivity index (χ0n) is 16.1. The van der Waals surface area contributed by atoms with E-state index in [4.69, 9.17) is 11.6 Å². The van der Waals surface area contributed by atoms with Crippen LogP contribution in [0.2, 0.25) is 5.02 Å². The van der Waals surface area contributed by atoms with E-state index in [9.17, 15) is 4.79 Å². The second-order valence-electron chi connectivity index (χ2n) is 6.30. The number of nitrogens with one attached hydrogen (secondary N) is 3. The van der Waals surface area contributed by atoms with Gasteiger partial charge in [0.2, 0.25) is 11.9 Å². The minimum atomic E-state index is -0.439. The lowest BCUT2D eigenvalue weighted by molar-refractivity contribution is 0.256. The molecular weight excluding hydrogens is 388 g/mol. The van der Waals surface area contributed by atoms with Crippen LogP contribution in [0.1, 0.15) is 17.0 Å². The van der Waals surface area contributed by atoms with E-state index in [2.05, 4.69) is 30.9 Å². The lowest BCUT2D eigenvalue weighted by atomic mass is 10.2. The number of aryl methyl sites for hydroxylation is 2. The van der Waals surface area contributed by atoms with E-state index in [0.717, 1.165) is 17.0 Å². The summed E-state index contributed by atoms with van der Waals surface area (Å²) in [5, 5.41) is 9.04. The Morgan fingerprint density at radius 1 is 0.966 bits per heavy atom. The summed E-state index contributed by atoms with van der Waals surface area (Å²) < 4.78 is 0. The monoisotopic (exact) mass is 408 g/mol. The molecule has 7 nitrogen and oxygen atoms in total. The van der Waals surface area contributed by atoms with Crippen molar-refractivity contribution in [1.29, 1.82) is 0 Å². The molecule has 2 amide bonds. The minimum Gasteiger partial charge on any atom is -0.308 e. The van der Waals surface area contributed by atoms with Crippen LogP contribution in [0.4, 0.5) is 16.4 Å². The standard InChI is InChI=1S/C21H21ClN6O/c1-14-12-15(2)25-20(24-14)27-19(23-13-16-8-6-7-11-18(16)22)28-21(29)26-17-9-4-3-5-10-17/h3-12H,13H2,1-2H3,(H3,23,24,25,26,27,28,29). The Hall–Kier alpha value is -3.45. The van der Waals surface area contributed by atoms with E-state index in [0.29, 0.717) is 16.7 Å². The largest absolute Gasteiger partial charge is 0.326 e. The fourth-order valence-corrected chi connectivity index (χ4v) is 2.78. The number of nitrogens with zero attached hydrogens (tertiary/aromatic N) is 3. The van der Waals surface area contributed by atoms with Crippen LogP contribution in [0.25, 0.3) is 0 Å². The van der Waals surface area contributed by atoms with Crippen LogP contribution < -0.4 is 16.0 Å². The number of carbonyl (C=O) groups excluding carboxylic acids is 1. The quantitative estimate of drug-likeness (QED) is 0.436. The first-order valence-corrected chi connectivity index (χ1v) is 9.37. The topological polar surface area (TPSA) is 91.3 Å². The van der Waals surface area contributed by atoms with E-state index in [1.807, 2.05) is 56.3 Å². The zero-order chi connectivity index (χ0) is 20.6. The van der Waals surface area contributed by atoms with Crippen LogP contribution in [-0.2, 0) is 6.54 Å². The van der Waals surface area contributed by atoms with Crippen molar-refractivity contribution in [1.82, 2.24) is 15.3 Å². The Kier molecular flexibility index (Phi) is 6.76. The number of hydrogen-bond acceptors (Lipinski definition) is 4. The normalized spacial score (nSPS) is 11.1. The van der Waals surface area contributed by atoms with Crippen molar-refractivity contribution in [2.45, 2.75) is 20.4 Å². The number of urea groups is 1. The highest BCUT2D eigenvalue weighted by atomic mass is 35.5. The van der Waals surface area contributed by atoms with E-state index >= 15 is 0 Å². The van der Waals surface area contributed by atoms with Crippen molar-refractivity contribution in [2.75, 3.05) is 10.6 Å².